The van der Waals surface area contributed by atoms with Crippen molar-refractivity contribution in [1.82, 2.24) is 9.88 Å². The van der Waals surface area contributed by atoms with Gasteiger partial charge < -0.3 is 20.9 Å². The van der Waals surface area contributed by atoms with Crippen LogP contribution in [0.15, 0.2) is 47.7 Å². The van der Waals surface area contributed by atoms with Gasteiger partial charge in [-0.3, -0.25) is 14.9 Å². The van der Waals surface area contributed by atoms with Gasteiger partial charge in [-0.05, 0) is 35.7 Å². The monoisotopic (exact) mass is 341 g/mol. The molecule has 3 rings (SSSR count). The summed E-state index contributed by atoms with van der Waals surface area (Å²) in [6, 6.07) is 10.1. The molecule has 0 saturated heterocycles. The van der Waals surface area contributed by atoms with E-state index in [0.717, 1.165) is 37.6 Å². The Morgan fingerprint density at radius 2 is 1.96 bits per heavy atom. The molecule has 4 N–H and O–H groups in total. The Labute approximate surface area is 147 Å². The number of hydrogen-bond acceptors (Lipinski definition) is 5. The second-order valence-corrected chi connectivity index (χ2v) is 5.92. The minimum absolute atomic E-state index is 0.134. The van der Waals surface area contributed by atoms with Crippen LogP contribution in [0.3, 0.4) is 0 Å². The lowest BCUT2D eigenvalue weighted by atomic mass is 10.1. The van der Waals surface area contributed by atoms with Crippen molar-refractivity contribution in [2.45, 2.75) is 19.5 Å². The summed E-state index contributed by atoms with van der Waals surface area (Å²) in [4.78, 5) is 10.6. The molecule has 132 valence electrons. The number of guanidine groups is 1. The number of nitrogens with zero attached hydrogens (tertiary/aromatic N) is 3. The number of pyridine rings is 1. The van der Waals surface area contributed by atoms with Crippen LogP contribution in [0, 0.1) is 0 Å². The Kier molecular flexibility index (Phi) is 5.69. The largest absolute Gasteiger partial charge is 0.454 e. The van der Waals surface area contributed by atoms with Gasteiger partial charge in [-0.1, -0.05) is 12.1 Å². The Bertz CT molecular complexity index is 717. The number of aromatic nitrogens is 1. The van der Waals surface area contributed by atoms with Gasteiger partial charge >= 0.3 is 0 Å². The Morgan fingerprint density at radius 1 is 1.12 bits per heavy atom. The minimum atomic E-state index is 0.134. The zero-order chi connectivity index (χ0) is 17.5. The average Bonchev–Trinajstić information content (AvgIpc) is 3.07. The maximum Gasteiger partial charge on any atom is 0.231 e. The number of hydrogen-bond donors (Lipinski definition) is 2. The quantitative estimate of drug-likeness (QED) is 0.429. The van der Waals surface area contributed by atoms with Crippen LogP contribution in [-0.2, 0) is 13.1 Å². The summed E-state index contributed by atoms with van der Waals surface area (Å²) in [5, 5.41) is 0. The first-order chi connectivity index (χ1) is 12.2. The van der Waals surface area contributed by atoms with E-state index in [1.165, 1.54) is 11.1 Å². The highest BCUT2D eigenvalue weighted by atomic mass is 16.7. The van der Waals surface area contributed by atoms with Gasteiger partial charge in [-0.15, -0.1) is 0 Å². The van der Waals surface area contributed by atoms with Crippen molar-refractivity contribution in [3.63, 3.8) is 0 Å². The van der Waals surface area contributed by atoms with E-state index in [1.54, 1.807) is 6.20 Å². The number of aliphatic imine (C=N–C) groups is 1. The van der Waals surface area contributed by atoms with Crippen LogP contribution in [0.5, 0.6) is 11.5 Å². The Hall–Kier alpha value is -2.80. The molecule has 1 aliphatic rings. The molecule has 0 aliphatic carbocycles. The number of fused-ring (bicyclic) bond motifs is 1. The fourth-order valence-corrected chi connectivity index (χ4v) is 2.76. The first-order valence-corrected chi connectivity index (χ1v) is 8.26. The molecule has 0 radical (unpaired) electrons. The Balaban J connectivity index is 1.65. The SMILES string of the molecule is NC(N)=NCCCN(Cc1cccnc1)Cc1ccc2c(c1)OCO2. The van der Waals surface area contributed by atoms with Crippen molar-refractivity contribution >= 4 is 5.96 Å². The maximum atomic E-state index is 5.47. The van der Waals surface area contributed by atoms with E-state index in [9.17, 15) is 0 Å². The van der Waals surface area contributed by atoms with E-state index >= 15 is 0 Å². The van der Waals surface area contributed by atoms with Crippen LogP contribution >= 0.6 is 0 Å². The molecule has 1 aromatic carbocycles. The molecule has 0 atom stereocenters. The molecule has 25 heavy (non-hydrogen) atoms. The average molecular weight is 341 g/mol. The molecular formula is C18H23N5O2. The van der Waals surface area contributed by atoms with Gasteiger partial charge in [0.1, 0.15) is 0 Å². The van der Waals surface area contributed by atoms with Crippen LogP contribution in [0.4, 0.5) is 0 Å². The second-order valence-electron chi connectivity index (χ2n) is 5.92. The molecule has 0 amide bonds. The predicted octanol–water partition coefficient (Wildman–Crippen LogP) is 1.48. The number of rotatable bonds is 8. The van der Waals surface area contributed by atoms with Gasteiger partial charge in [-0.25, -0.2) is 0 Å². The van der Waals surface area contributed by atoms with Gasteiger partial charge in [0.05, 0.1) is 0 Å². The van der Waals surface area contributed by atoms with Crippen LogP contribution in [0.2, 0.25) is 0 Å². The van der Waals surface area contributed by atoms with E-state index in [1.807, 2.05) is 24.4 Å². The molecule has 7 nitrogen and oxygen atoms in total. The molecule has 1 aromatic heterocycles. The first kappa shape index (κ1) is 17.0. The van der Waals surface area contributed by atoms with Crippen LogP contribution < -0.4 is 20.9 Å². The molecule has 2 aromatic rings. The molecule has 2 heterocycles. The molecule has 7 heteroatoms. The third-order valence-electron chi connectivity index (χ3n) is 3.90. The summed E-state index contributed by atoms with van der Waals surface area (Å²) in [6.45, 7) is 3.39. The third kappa shape index (κ3) is 5.09. The lowest BCUT2D eigenvalue weighted by molar-refractivity contribution is 0.174. The summed E-state index contributed by atoms with van der Waals surface area (Å²) in [6.07, 6.45) is 4.55. The lowest BCUT2D eigenvalue weighted by Gasteiger charge is -2.22. The highest BCUT2D eigenvalue weighted by Crippen LogP contribution is 2.32. The molecule has 0 saturated carbocycles. The van der Waals surface area contributed by atoms with Crippen molar-refractivity contribution in [2.75, 3.05) is 19.9 Å². The lowest BCUT2D eigenvalue weighted by Crippen LogP contribution is -2.26. The van der Waals surface area contributed by atoms with E-state index in [4.69, 9.17) is 20.9 Å². The fraction of sp³-hybridized carbons (Fsp3) is 0.333. The maximum absolute atomic E-state index is 5.47. The minimum Gasteiger partial charge on any atom is -0.454 e. The summed E-state index contributed by atoms with van der Waals surface area (Å²) in [5.41, 5.74) is 13.1. The van der Waals surface area contributed by atoms with Gasteiger partial charge in [-0.2, -0.15) is 0 Å². The van der Waals surface area contributed by atoms with E-state index in [-0.39, 0.29) is 12.8 Å². The van der Waals surface area contributed by atoms with Crippen molar-refractivity contribution in [2.24, 2.45) is 16.5 Å². The molecule has 0 fully saturated rings. The second kappa shape index (κ2) is 8.34. The fourth-order valence-electron chi connectivity index (χ4n) is 2.76. The van der Waals surface area contributed by atoms with Gasteiger partial charge in [0.2, 0.25) is 6.79 Å². The standard InChI is InChI=1S/C18H23N5O2/c19-18(20)22-7-2-8-23(12-15-3-1-6-21-10-15)11-14-4-5-16-17(9-14)25-13-24-16/h1,3-6,9-10H,2,7-8,11-13H2,(H4,19,20,22). The van der Waals surface area contributed by atoms with Crippen molar-refractivity contribution in [3.8, 4) is 11.5 Å². The third-order valence-corrected chi connectivity index (χ3v) is 3.90. The summed E-state index contributed by atoms with van der Waals surface area (Å²) < 4.78 is 10.8. The highest BCUT2D eigenvalue weighted by Gasteiger charge is 2.15. The van der Waals surface area contributed by atoms with Crippen LogP contribution in [0.1, 0.15) is 17.5 Å². The topological polar surface area (TPSA) is 99.0 Å². The summed E-state index contributed by atoms with van der Waals surface area (Å²) in [5.74, 6) is 1.74. The molecule has 0 spiro atoms. The van der Waals surface area contributed by atoms with E-state index < -0.39 is 0 Å². The first-order valence-electron chi connectivity index (χ1n) is 8.26. The summed E-state index contributed by atoms with van der Waals surface area (Å²) in [7, 11) is 0. The number of ether oxygens (including phenoxy) is 2. The van der Waals surface area contributed by atoms with E-state index in [0.29, 0.717) is 6.54 Å². The zero-order valence-corrected chi connectivity index (χ0v) is 14.1. The van der Waals surface area contributed by atoms with Gasteiger partial charge in [0.25, 0.3) is 0 Å². The van der Waals surface area contributed by atoms with Crippen molar-refractivity contribution < 1.29 is 9.47 Å². The van der Waals surface area contributed by atoms with Crippen molar-refractivity contribution in [3.05, 3.63) is 53.9 Å². The van der Waals surface area contributed by atoms with Crippen LogP contribution in [0.25, 0.3) is 0 Å². The van der Waals surface area contributed by atoms with Crippen LogP contribution in [-0.4, -0.2) is 35.7 Å². The van der Waals surface area contributed by atoms with Gasteiger partial charge in [0, 0.05) is 38.6 Å². The normalized spacial score (nSPS) is 12.4. The number of nitrogens with two attached hydrogens (primary N) is 2. The number of benzene rings is 1. The van der Waals surface area contributed by atoms with E-state index in [2.05, 4.69) is 27.0 Å². The molecule has 1 aliphatic heterocycles. The highest BCUT2D eigenvalue weighted by molar-refractivity contribution is 5.75. The summed E-state index contributed by atoms with van der Waals surface area (Å²) >= 11 is 0. The predicted molar refractivity (Wildman–Crippen MR) is 96.2 cm³/mol. The molecule has 0 unspecified atom stereocenters. The Morgan fingerprint density at radius 3 is 2.76 bits per heavy atom. The zero-order valence-electron chi connectivity index (χ0n) is 14.1. The molecule has 0 bridgehead atoms. The smallest absolute Gasteiger partial charge is 0.231 e. The van der Waals surface area contributed by atoms with Gasteiger partial charge in [0.15, 0.2) is 17.5 Å². The van der Waals surface area contributed by atoms with Crippen molar-refractivity contribution in [1.29, 1.82) is 0 Å². The molecular weight excluding hydrogens is 318 g/mol.